The molecular weight excluding hydrogens is 176 g/mol. The van der Waals surface area contributed by atoms with Gasteiger partial charge in [0, 0.05) is 6.54 Å². The zero-order valence-electron chi connectivity index (χ0n) is 8.70. The molecule has 2 aliphatic rings. The summed E-state index contributed by atoms with van der Waals surface area (Å²) in [5, 5.41) is 3.11. The van der Waals surface area contributed by atoms with Crippen LogP contribution in [-0.2, 0) is 4.79 Å². The summed E-state index contributed by atoms with van der Waals surface area (Å²) >= 11 is 0. The molecule has 2 rings (SSSR count). The minimum atomic E-state index is 0.0477. The van der Waals surface area contributed by atoms with Crippen LogP contribution >= 0.6 is 0 Å². The highest BCUT2D eigenvalue weighted by Gasteiger charge is 2.30. The summed E-state index contributed by atoms with van der Waals surface area (Å²) in [6.07, 6.45) is 8.61. The van der Waals surface area contributed by atoms with Crippen LogP contribution < -0.4 is 5.32 Å². The number of hydrogen-bond acceptors (Lipinski definition) is 2. The molecule has 2 unspecified atom stereocenters. The van der Waals surface area contributed by atoms with Gasteiger partial charge in [-0.2, -0.15) is 0 Å². The summed E-state index contributed by atoms with van der Waals surface area (Å²) in [6, 6.07) is 0.433. The molecule has 3 heteroatoms. The molecule has 1 fully saturated rings. The van der Waals surface area contributed by atoms with Crippen molar-refractivity contribution in [1.82, 2.24) is 10.2 Å². The lowest BCUT2D eigenvalue weighted by atomic mass is 10.0. The van der Waals surface area contributed by atoms with E-state index in [1.807, 2.05) is 11.9 Å². The van der Waals surface area contributed by atoms with E-state index in [4.69, 9.17) is 0 Å². The molecule has 1 aliphatic carbocycles. The molecule has 0 spiro atoms. The van der Waals surface area contributed by atoms with E-state index in [9.17, 15) is 4.79 Å². The molecule has 78 valence electrons. The Bertz CT molecular complexity index is 250. The molecule has 0 radical (unpaired) electrons. The zero-order chi connectivity index (χ0) is 9.97. The van der Waals surface area contributed by atoms with Gasteiger partial charge in [-0.15, -0.1) is 0 Å². The Morgan fingerprint density at radius 2 is 2.29 bits per heavy atom. The number of rotatable bonds is 2. The van der Waals surface area contributed by atoms with Crippen molar-refractivity contribution in [3.05, 3.63) is 12.2 Å². The van der Waals surface area contributed by atoms with Crippen LogP contribution in [0.3, 0.4) is 0 Å². The molecule has 0 aromatic heterocycles. The van der Waals surface area contributed by atoms with E-state index in [0.29, 0.717) is 11.9 Å². The highest BCUT2D eigenvalue weighted by atomic mass is 16.2. The Morgan fingerprint density at radius 1 is 1.50 bits per heavy atom. The number of hydrogen-bond donors (Lipinski definition) is 1. The van der Waals surface area contributed by atoms with E-state index in [0.717, 1.165) is 32.2 Å². The van der Waals surface area contributed by atoms with Crippen molar-refractivity contribution in [3.8, 4) is 0 Å². The SMILES string of the molecule is CNC1CCCCN(C2C=CC2)C1=O. The normalized spacial score (nSPS) is 32.6. The van der Waals surface area contributed by atoms with Gasteiger partial charge in [0.1, 0.15) is 0 Å². The van der Waals surface area contributed by atoms with Gasteiger partial charge in [0.25, 0.3) is 0 Å². The van der Waals surface area contributed by atoms with Gasteiger partial charge in [0.2, 0.25) is 5.91 Å². The van der Waals surface area contributed by atoms with Crippen molar-refractivity contribution >= 4 is 5.91 Å². The van der Waals surface area contributed by atoms with Crippen LogP contribution in [0.25, 0.3) is 0 Å². The molecule has 3 nitrogen and oxygen atoms in total. The number of carbonyl (C=O) groups excluding carboxylic acids is 1. The van der Waals surface area contributed by atoms with Crippen molar-refractivity contribution in [3.63, 3.8) is 0 Å². The number of likely N-dealkylation sites (N-methyl/N-ethyl adjacent to an activating group) is 1. The lowest BCUT2D eigenvalue weighted by Crippen LogP contribution is -2.49. The monoisotopic (exact) mass is 194 g/mol. The number of carbonyl (C=O) groups is 1. The first kappa shape index (κ1) is 9.71. The summed E-state index contributed by atoms with van der Waals surface area (Å²) in [4.78, 5) is 14.1. The van der Waals surface area contributed by atoms with Crippen molar-refractivity contribution in [1.29, 1.82) is 0 Å². The largest absolute Gasteiger partial charge is 0.335 e. The highest BCUT2D eigenvalue weighted by Crippen LogP contribution is 2.21. The van der Waals surface area contributed by atoms with Crippen LogP contribution in [0.5, 0.6) is 0 Å². The highest BCUT2D eigenvalue weighted by molar-refractivity contribution is 5.82. The van der Waals surface area contributed by atoms with Gasteiger partial charge in [-0.3, -0.25) is 4.79 Å². The van der Waals surface area contributed by atoms with Gasteiger partial charge in [0.15, 0.2) is 0 Å². The Kier molecular flexibility index (Phi) is 2.87. The van der Waals surface area contributed by atoms with Crippen molar-refractivity contribution in [2.75, 3.05) is 13.6 Å². The molecule has 14 heavy (non-hydrogen) atoms. The second-order valence-corrected chi connectivity index (χ2v) is 4.10. The summed E-state index contributed by atoms with van der Waals surface area (Å²) in [7, 11) is 1.88. The summed E-state index contributed by atoms with van der Waals surface area (Å²) < 4.78 is 0. The Morgan fingerprint density at radius 3 is 2.86 bits per heavy atom. The standard InChI is InChI=1S/C11H18N2O/c1-12-10-7-2-3-8-13(11(10)14)9-5-4-6-9/h4-5,9-10,12H,2-3,6-8H2,1H3. The minimum Gasteiger partial charge on any atom is -0.335 e. The molecule has 0 aromatic rings. The Labute approximate surface area is 85.2 Å². The van der Waals surface area contributed by atoms with Gasteiger partial charge in [-0.25, -0.2) is 0 Å². The zero-order valence-corrected chi connectivity index (χ0v) is 8.70. The average Bonchev–Trinajstić information content (AvgIpc) is 2.27. The van der Waals surface area contributed by atoms with Gasteiger partial charge in [-0.1, -0.05) is 12.2 Å². The van der Waals surface area contributed by atoms with Crippen molar-refractivity contribution in [2.45, 2.75) is 37.8 Å². The van der Waals surface area contributed by atoms with Crippen LogP contribution in [0.2, 0.25) is 0 Å². The summed E-state index contributed by atoms with van der Waals surface area (Å²) in [5.41, 5.74) is 0. The first-order valence-electron chi connectivity index (χ1n) is 5.47. The number of nitrogens with zero attached hydrogens (tertiary/aromatic N) is 1. The minimum absolute atomic E-state index is 0.0477. The fourth-order valence-electron chi connectivity index (χ4n) is 2.15. The Balaban J connectivity index is 2.06. The molecule has 1 amide bonds. The summed E-state index contributed by atoms with van der Waals surface area (Å²) in [5.74, 6) is 0.291. The van der Waals surface area contributed by atoms with E-state index in [2.05, 4.69) is 17.5 Å². The number of likely N-dealkylation sites (tertiary alicyclic amines) is 1. The van der Waals surface area contributed by atoms with Crippen LogP contribution in [0, 0.1) is 0 Å². The van der Waals surface area contributed by atoms with Crippen LogP contribution in [0.1, 0.15) is 25.7 Å². The molecule has 2 atom stereocenters. The molecule has 1 N–H and O–H groups in total. The van der Waals surface area contributed by atoms with Gasteiger partial charge in [-0.05, 0) is 32.7 Å². The second kappa shape index (κ2) is 4.13. The molecule has 1 aliphatic heterocycles. The quantitative estimate of drug-likeness (QED) is 0.663. The number of nitrogens with one attached hydrogen (secondary N) is 1. The lowest BCUT2D eigenvalue weighted by molar-refractivity contribution is -0.134. The third-order valence-corrected chi connectivity index (χ3v) is 3.21. The topological polar surface area (TPSA) is 32.3 Å². The average molecular weight is 194 g/mol. The molecule has 1 saturated heterocycles. The smallest absolute Gasteiger partial charge is 0.240 e. The first-order chi connectivity index (χ1) is 6.83. The molecule has 1 heterocycles. The third-order valence-electron chi connectivity index (χ3n) is 3.21. The molecule has 0 aromatic carbocycles. The maximum absolute atomic E-state index is 12.0. The van der Waals surface area contributed by atoms with E-state index in [1.54, 1.807) is 0 Å². The predicted octanol–water partition coefficient (Wildman–Crippen LogP) is 0.915. The molecule has 0 saturated carbocycles. The third kappa shape index (κ3) is 1.69. The number of amides is 1. The van der Waals surface area contributed by atoms with Crippen molar-refractivity contribution in [2.24, 2.45) is 0 Å². The lowest BCUT2D eigenvalue weighted by Gasteiger charge is -2.33. The van der Waals surface area contributed by atoms with E-state index in [1.165, 1.54) is 0 Å². The second-order valence-electron chi connectivity index (χ2n) is 4.10. The van der Waals surface area contributed by atoms with E-state index >= 15 is 0 Å². The maximum atomic E-state index is 12.0. The fourth-order valence-corrected chi connectivity index (χ4v) is 2.15. The van der Waals surface area contributed by atoms with E-state index < -0.39 is 0 Å². The molecule has 0 bridgehead atoms. The van der Waals surface area contributed by atoms with Gasteiger partial charge >= 0.3 is 0 Å². The van der Waals surface area contributed by atoms with Crippen molar-refractivity contribution < 1.29 is 4.79 Å². The van der Waals surface area contributed by atoms with Gasteiger partial charge in [0.05, 0.1) is 12.1 Å². The Hall–Kier alpha value is -0.830. The molecular formula is C11H18N2O. The fraction of sp³-hybridized carbons (Fsp3) is 0.727. The van der Waals surface area contributed by atoms with Crippen LogP contribution in [0.4, 0.5) is 0 Å². The predicted molar refractivity (Wildman–Crippen MR) is 56.0 cm³/mol. The van der Waals surface area contributed by atoms with Gasteiger partial charge < -0.3 is 10.2 Å². The first-order valence-corrected chi connectivity index (χ1v) is 5.47. The summed E-state index contributed by atoms with van der Waals surface area (Å²) in [6.45, 7) is 0.937. The van der Waals surface area contributed by atoms with Crippen LogP contribution in [-0.4, -0.2) is 36.5 Å². The van der Waals surface area contributed by atoms with Crippen LogP contribution in [0.15, 0.2) is 12.2 Å². The maximum Gasteiger partial charge on any atom is 0.240 e. The van der Waals surface area contributed by atoms with E-state index in [-0.39, 0.29) is 6.04 Å².